The summed E-state index contributed by atoms with van der Waals surface area (Å²) < 4.78 is 14.6. The van der Waals surface area contributed by atoms with Gasteiger partial charge >= 0.3 is 0 Å². The molecule has 1 fully saturated rings. The molecule has 0 aromatic heterocycles. The fourth-order valence-corrected chi connectivity index (χ4v) is 1.31. The summed E-state index contributed by atoms with van der Waals surface area (Å²) in [6.45, 7) is 7.10. The van der Waals surface area contributed by atoms with Crippen molar-refractivity contribution in [1.29, 1.82) is 0 Å². The third-order valence-electron chi connectivity index (χ3n) is 2.28. The highest BCUT2D eigenvalue weighted by Gasteiger charge is 2.36. The Morgan fingerprint density at radius 3 is 1.94 bits per heavy atom. The standard InChI is InChI=1S/C6H14O2.C5H10O5/c1-4-7-6(3)8-5-2;6-2-1-10-5(9)4(8)3(2)7/h6H,4-5H2,1-3H3;2-9H,1H2/t;2-,3+,4-,5?/m.1/s1. The van der Waals surface area contributed by atoms with E-state index in [1.165, 1.54) is 0 Å². The van der Waals surface area contributed by atoms with Crippen molar-refractivity contribution in [2.24, 2.45) is 0 Å². The summed E-state index contributed by atoms with van der Waals surface area (Å²) in [6.07, 6.45) is -5.27. The summed E-state index contributed by atoms with van der Waals surface area (Å²) in [5.74, 6) is 0. The Morgan fingerprint density at radius 2 is 1.56 bits per heavy atom. The van der Waals surface area contributed by atoms with Crippen LogP contribution < -0.4 is 0 Å². The molecule has 1 unspecified atom stereocenters. The molecule has 7 nitrogen and oxygen atoms in total. The molecule has 0 amide bonds. The Morgan fingerprint density at radius 1 is 1.06 bits per heavy atom. The van der Waals surface area contributed by atoms with Gasteiger partial charge in [0.1, 0.15) is 18.3 Å². The van der Waals surface area contributed by atoms with Gasteiger partial charge in [0.25, 0.3) is 0 Å². The highest BCUT2D eigenvalue weighted by molar-refractivity contribution is 4.81. The van der Waals surface area contributed by atoms with E-state index in [1.807, 2.05) is 20.8 Å². The number of hydrogen-bond acceptors (Lipinski definition) is 7. The van der Waals surface area contributed by atoms with Crippen LogP contribution in [0, 0.1) is 0 Å². The summed E-state index contributed by atoms with van der Waals surface area (Å²) in [5, 5.41) is 35.3. The van der Waals surface area contributed by atoms with Crippen LogP contribution in [0.25, 0.3) is 0 Å². The van der Waals surface area contributed by atoms with Gasteiger partial charge in [-0.3, -0.25) is 0 Å². The molecule has 4 N–H and O–H groups in total. The van der Waals surface area contributed by atoms with Crippen LogP contribution >= 0.6 is 0 Å². The van der Waals surface area contributed by atoms with E-state index in [4.69, 9.17) is 29.9 Å². The Kier molecular flexibility index (Phi) is 9.47. The van der Waals surface area contributed by atoms with Crippen LogP contribution in [-0.2, 0) is 14.2 Å². The second-order valence-electron chi connectivity index (χ2n) is 3.75. The lowest BCUT2D eigenvalue weighted by atomic mass is 10.1. The predicted octanol–water partition coefficient (Wildman–Crippen LogP) is -1.18. The molecule has 1 aliphatic rings. The van der Waals surface area contributed by atoms with Gasteiger partial charge in [-0.2, -0.15) is 0 Å². The fraction of sp³-hybridized carbons (Fsp3) is 1.00. The lowest BCUT2D eigenvalue weighted by Gasteiger charge is -2.31. The van der Waals surface area contributed by atoms with Crippen LogP contribution in [0.4, 0.5) is 0 Å². The number of rotatable bonds is 4. The van der Waals surface area contributed by atoms with Gasteiger partial charge in [0, 0.05) is 13.2 Å². The largest absolute Gasteiger partial charge is 0.388 e. The Balaban J connectivity index is 0.000000331. The van der Waals surface area contributed by atoms with E-state index in [0.717, 1.165) is 13.2 Å². The van der Waals surface area contributed by atoms with E-state index in [2.05, 4.69) is 4.74 Å². The van der Waals surface area contributed by atoms with Gasteiger partial charge in [-0.15, -0.1) is 0 Å². The van der Waals surface area contributed by atoms with E-state index >= 15 is 0 Å². The van der Waals surface area contributed by atoms with Crippen LogP contribution in [0.1, 0.15) is 20.8 Å². The monoisotopic (exact) mass is 268 g/mol. The minimum atomic E-state index is -1.41. The molecular weight excluding hydrogens is 244 g/mol. The van der Waals surface area contributed by atoms with E-state index < -0.39 is 24.6 Å². The minimum Gasteiger partial charge on any atom is -0.388 e. The maximum absolute atomic E-state index is 8.88. The van der Waals surface area contributed by atoms with Crippen molar-refractivity contribution in [3.8, 4) is 0 Å². The molecule has 1 heterocycles. The van der Waals surface area contributed by atoms with Crippen LogP contribution in [-0.4, -0.2) is 71.1 Å². The summed E-state index contributed by atoms with van der Waals surface area (Å²) >= 11 is 0. The van der Waals surface area contributed by atoms with Crippen molar-refractivity contribution in [3.63, 3.8) is 0 Å². The highest BCUT2D eigenvalue weighted by atomic mass is 16.7. The average molecular weight is 268 g/mol. The normalized spacial score (nSPS) is 32.0. The van der Waals surface area contributed by atoms with E-state index in [1.54, 1.807) is 0 Å². The third-order valence-corrected chi connectivity index (χ3v) is 2.28. The smallest absolute Gasteiger partial charge is 0.183 e. The van der Waals surface area contributed by atoms with Crippen molar-refractivity contribution in [3.05, 3.63) is 0 Å². The first-order valence-electron chi connectivity index (χ1n) is 6.01. The first kappa shape index (κ1) is 17.7. The molecule has 0 aliphatic carbocycles. The number of aliphatic hydroxyl groups is 4. The van der Waals surface area contributed by atoms with Gasteiger partial charge < -0.3 is 34.6 Å². The molecule has 0 aromatic carbocycles. The first-order valence-corrected chi connectivity index (χ1v) is 6.01. The van der Waals surface area contributed by atoms with Crippen LogP contribution in [0.15, 0.2) is 0 Å². The van der Waals surface area contributed by atoms with Gasteiger partial charge in [-0.05, 0) is 20.8 Å². The zero-order valence-corrected chi connectivity index (χ0v) is 11.0. The van der Waals surface area contributed by atoms with Crippen LogP contribution in [0.2, 0.25) is 0 Å². The zero-order valence-electron chi connectivity index (χ0n) is 11.0. The molecule has 0 bridgehead atoms. The van der Waals surface area contributed by atoms with Crippen LogP contribution in [0.5, 0.6) is 0 Å². The highest BCUT2D eigenvalue weighted by Crippen LogP contribution is 2.12. The summed E-state index contributed by atoms with van der Waals surface area (Å²) in [5.41, 5.74) is 0. The van der Waals surface area contributed by atoms with E-state index in [0.29, 0.717) is 0 Å². The minimum absolute atomic E-state index is 0.0370. The number of hydrogen-bond donors (Lipinski definition) is 4. The number of aliphatic hydroxyl groups excluding tert-OH is 4. The van der Waals surface area contributed by atoms with Gasteiger partial charge in [0.15, 0.2) is 12.6 Å². The molecule has 1 aliphatic heterocycles. The molecule has 0 aromatic rings. The Labute approximate surface area is 107 Å². The second-order valence-corrected chi connectivity index (χ2v) is 3.75. The van der Waals surface area contributed by atoms with Crippen molar-refractivity contribution in [2.75, 3.05) is 19.8 Å². The summed E-state index contributed by atoms with van der Waals surface area (Å²) in [4.78, 5) is 0. The van der Waals surface area contributed by atoms with Gasteiger partial charge in [-0.25, -0.2) is 0 Å². The van der Waals surface area contributed by atoms with Crippen molar-refractivity contribution in [1.82, 2.24) is 0 Å². The summed E-state index contributed by atoms with van der Waals surface area (Å²) in [7, 11) is 0. The molecule has 0 spiro atoms. The summed E-state index contributed by atoms with van der Waals surface area (Å²) in [6, 6.07) is 0. The third kappa shape index (κ3) is 6.60. The maximum atomic E-state index is 8.88. The van der Waals surface area contributed by atoms with Gasteiger partial charge in [-0.1, -0.05) is 0 Å². The quantitative estimate of drug-likeness (QED) is 0.475. The topological polar surface area (TPSA) is 109 Å². The fourth-order valence-electron chi connectivity index (χ4n) is 1.31. The average Bonchev–Trinajstić information content (AvgIpc) is 2.33. The molecule has 7 heteroatoms. The van der Waals surface area contributed by atoms with Crippen molar-refractivity contribution >= 4 is 0 Å². The molecular formula is C11H24O7. The van der Waals surface area contributed by atoms with E-state index in [-0.39, 0.29) is 12.9 Å². The molecule has 18 heavy (non-hydrogen) atoms. The molecule has 110 valence electrons. The SMILES string of the molecule is CCOC(C)OCC.OC1OC[C@@H](O)[C@H](O)[C@H]1O. The van der Waals surface area contributed by atoms with Gasteiger partial charge in [0.05, 0.1) is 6.61 Å². The predicted molar refractivity (Wildman–Crippen MR) is 62.7 cm³/mol. The van der Waals surface area contributed by atoms with Crippen molar-refractivity contribution in [2.45, 2.75) is 51.7 Å². The van der Waals surface area contributed by atoms with Crippen molar-refractivity contribution < 1.29 is 34.6 Å². The first-order chi connectivity index (χ1) is 8.43. The zero-order chi connectivity index (χ0) is 14.1. The number of ether oxygens (including phenoxy) is 3. The second kappa shape index (κ2) is 9.62. The lowest BCUT2D eigenvalue weighted by molar-refractivity contribution is -0.252. The molecule has 0 saturated carbocycles. The molecule has 0 radical (unpaired) electrons. The molecule has 1 saturated heterocycles. The van der Waals surface area contributed by atoms with E-state index in [9.17, 15) is 0 Å². The molecule has 4 atom stereocenters. The Bertz CT molecular complexity index is 182. The molecule has 1 rings (SSSR count). The van der Waals surface area contributed by atoms with Gasteiger partial charge in [0.2, 0.25) is 0 Å². The lowest BCUT2D eigenvalue weighted by Crippen LogP contribution is -2.52. The Hall–Kier alpha value is -0.280. The maximum Gasteiger partial charge on any atom is 0.183 e. The van der Waals surface area contributed by atoms with Crippen LogP contribution in [0.3, 0.4) is 0 Å².